The number of rotatable bonds is 5. The molecule has 0 spiro atoms. The highest BCUT2D eigenvalue weighted by Gasteiger charge is 2.64. The van der Waals surface area contributed by atoms with Crippen LogP contribution in [0, 0.1) is 23.7 Å². The molecule has 0 radical (unpaired) electrons. The van der Waals surface area contributed by atoms with Crippen molar-refractivity contribution in [3.05, 3.63) is 29.8 Å². The highest BCUT2D eigenvalue weighted by Crippen LogP contribution is 2.65. The molecule has 3 aliphatic carbocycles. The third-order valence-corrected chi connectivity index (χ3v) is 5.76. The Morgan fingerprint density at radius 1 is 1.30 bits per heavy atom. The lowest BCUT2D eigenvalue weighted by Crippen LogP contribution is -2.27. The molecule has 2 N–H and O–H groups in total. The highest BCUT2D eigenvalue weighted by atomic mass is 16.5. The van der Waals surface area contributed by atoms with Gasteiger partial charge in [-0.05, 0) is 60.6 Å². The van der Waals surface area contributed by atoms with Gasteiger partial charge < -0.3 is 15.2 Å². The molecule has 4 rings (SSSR count). The topological polar surface area (TPSA) is 41.5 Å². The van der Waals surface area contributed by atoms with Crippen LogP contribution in [0.3, 0.4) is 0 Å². The van der Waals surface area contributed by atoms with Crippen LogP contribution in [0.25, 0.3) is 0 Å². The molecule has 0 amide bonds. The second-order valence-corrected chi connectivity index (χ2v) is 6.71. The van der Waals surface area contributed by atoms with Crippen molar-refractivity contribution in [3.8, 4) is 5.75 Å². The van der Waals surface area contributed by atoms with Crippen molar-refractivity contribution in [2.45, 2.75) is 31.4 Å². The molecule has 1 aromatic carbocycles. The molecule has 3 heteroatoms. The minimum atomic E-state index is -0.441. The zero-order chi connectivity index (χ0) is 13.7. The number of ether oxygens (including phenoxy) is 1. The number of hydrogen-bond acceptors (Lipinski definition) is 3. The van der Waals surface area contributed by atoms with E-state index in [9.17, 15) is 5.11 Å². The van der Waals surface area contributed by atoms with Crippen LogP contribution >= 0.6 is 0 Å². The lowest BCUT2D eigenvalue weighted by atomic mass is 10.0. The highest BCUT2D eigenvalue weighted by molar-refractivity contribution is 5.30. The first-order chi connectivity index (χ1) is 9.78. The van der Waals surface area contributed by atoms with Crippen LogP contribution in [-0.2, 0) is 0 Å². The summed E-state index contributed by atoms with van der Waals surface area (Å²) >= 11 is 0. The van der Waals surface area contributed by atoms with Crippen LogP contribution < -0.4 is 10.1 Å². The van der Waals surface area contributed by atoms with E-state index in [1.165, 1.54) is 19.3 Å². The summed E-state index contributed by atoms with van der Waals surface area (Å²) in [5.74, 6) is 4.62. The van der Waals surface area contributed by atoms with Crippen molar-refractivity contribution in [3.63, 3.8) is 0 Å². The predicted octanol–water partition coefficient (Wildman–Crippen LogP) is 2.36. The average molecular weight is 273 g/mol. The molecule has 1 aromatic rings. The first-order valence-corrected chi connectivity index (χ1v) is 7.83. The molecule has 0 heterocycles. The van der Waals surface area contributed by atoms with E-state index in [-0.39, 0.29) is 0 Å². The number of methoxy groups -OCH3 is 1. The Balaban J connectivity index is 1.34. The van der Waals surface area contributed by atoms with Crippen molar-refractivity contribution in [1.29, 1.82) is 0 Å². The van der Waals surface area contributed by atoms with Gasteiger partial charge in [0.2, 0.25) is 0 Å². The maximum Gasteiger partial charge on any atom is 0.119 e. The van der Waals surface area contributed by atoms with Crippen molar-refractivity contribution < 1.29 is 9.84 Å². The Labute approximate surface area is 120 Å². The van der Waals surface area contributed by atoms with Gasteiger partial charge in [-0.15, -0.1) is 0 Å². The van der Waals surface area contributed by atoms with E-state index in [0.717, 1.165) is 35.0 Å². The second kappa shape index (κ2) is 4.74. The standard InChI is InChI=1S/C17H23NO2/c1-20-13-4-2-3-10(8-13)14(19)9-18-17-15-11-5-6-12(7-11)16(15)17/h2-4,8,11-12,14-19H,5-7,9H2,1H3. The van der Waals surface area contributed by atoms with E-state index in [2.05, 4.69) is 5.32 Å². The third kappa shape index (κ3) is 1.95. The summed E-state index contributed by atoms with van der Waals surface area (Å²) in [5.41, 5.74) is 0.936. The van der Waals surface area contributed by atoms with Gasteiger partial charge in [0.25, 0.3) is 0 Å². The minimum absolute atomic E-state index is 0.441. The smallest absolute Gasteiger partial charge is 0.119 e. The Kier molecular flexibility index (Phi) is 3.00. The van der Waals surface area contributed by atoms with Gasteiger partial charge in [0, 0.05) is 12.6 Å². The molecule has 3 aliphatic rings. The monoisotopic (exact) mass is 273 g/mol. The first-order valence-electron chi connectivity index (χ1n) is 7.83. The van der Waals surface area contributed by atoms with E-state index in [4.69, 9.17) is 4.74 Å². The molecule has 3 nitrogen and oxygen atoms in total. The van der Waals surface area contributed by atoms with Crippen LogP contribution in [0.1, 0.15) is 30.9 Å². The van der Waals surface area contributed by atoms with E-state index in [1.54, 1.807) is 7.11 Å². The quantitative estimate of drug-likeness (QED) is 0.865. The van der Waals surface area contributed by atoms with Crippen LogP contribution in [0.5, 0.6) is 5.75 Å². The zero-order valence-corrected chi connectivity index (χ0v) is 12.0. The minimum Gasteiger partial charge on any atom is -0.497 e. The van der Waals surface area contributed by atoms with Gasteiger partial charge in [0.05, 0.1) is 13.2 Å². The molecule has 5 atom stereocenters. The van der Waals surface area contributed by atoms with Gasteiger partial charge in [0.1, 0.15) is 5.75 Å². The summed E-state index contributed by atoms with van der Waals surface area (Å²) in [6, 6.07) is 8.41. The summed E-state index contributed by atoms with van der Waals surface area (Å²) in [4.78, 5) is 0. The molecule has 3 saturated carbocycles. The van der Waals surface area contributed by atoms with Gasteiger partial charge in [-0.2, -0.15) is 0 Å². The van der Waals surface area contributed by atoms with Gasteiger partial charge in [-0.1, -0.05) is 12.1 Å². The fourth-order valence-corrected chi connectivity index (χ4v) is 4.81. The normalized spacial score (nSPS) is 38.6. The maximum atomic E-state index is 10.3. The van der Waals surface area contributed by atoms with Crippen molar-refractivity contribution in [2.75, 3.05) is 13.7 Å². The fourth-order valence-electron chi connectivity index (χ4n) is 4.81. The van der Waals surface area contributed by atoms with E-state index in [0.29, 0.717) is 12.6 Å². The van der Waals surface area contributed by atoms with E-state index < -0.39 is 6.10 Å². The average Bonchev–Trinajstić information content (AvgIpc) is 2.87. The first kappa shape index (κ1) is 12.7. The Hall–Kier alpha value is -1.06. The Morgan fingerprint density at radius 3 is 2.75 bits per heavy atom. The summed E-state index contributed by atoms with van der Waals surface area (Å²) in [7, 11) is 1.66. The molecular formula is C17H23NO2. The number of aliphatic hydroxyl groups is 1. The molecule has 0 aromatic heterocycles. The van der Waals surface area contributed by atoms with E-state index in [1.807, 2.05) is 24.3 Å². The largest absolute Gasteiger partial charge is 0.497 e. The third-order valence-electron chi connectivity index (χ3n) is 5.76. The Bertz CT molecular complexity index is 488. The number of aliphatic hydroxyl groups excluding tert-OH is 1. The van der Waals surface area contributed by atoms with Crippen LogP contribution in [0.4, 0.5) is 0 Å². The van der Waals surface area contributed by atoms with E-state index >= 15 is 0 Å². The second-order valence-electron chi connectivity index (χ2n) is 6.71. The summed E-state index contributed by atoms with van der Waals surface area (Å²) in [6.07, 6.45) is 3.93. The SMILES string of the molecule is COc1cccc(C(O)CNC2C3C4CCC(C4)C23)c1. The molecular weight excluding hydrogens is 250 g/mol. The van der Waals surface area contributed by atoms with Crippen molar-refractivity contribution in [1.82, 2.24) is 5.32 Å². The zero-order valence-electron chi connectivity index (χ0n) is 12.0. The maximum absolute atomic E-state index is 10.3. The molecule has 2 bridgehead atoms. The fraction of sp³-hybridized carbons (Fsp3) is 0.647. The number of fused-ring (bicyclic) bond motifs is 5. The van der Waals surface area contributed by atoms with Crippen LogP contribution in [-0.4, -0.2) is 24.8 Å². The van der Waals surface area contributed by atoms with Crippen LogP contribution in [0.15, 0.2) is 24.3 Å². The number of nitrogens with one attached hydrogen (secondary N) is 1. The van der Waals surface area contributed by atoms with Gasteiger partial charge in [-0.3, -0.25) is 0 Å². The molecule has 5 unspecified atom stereocenters. The number of hydrogen-bond donors (Lipinski definition) is 2. The van der Waals surface area contributed by atoms with Gasteiger partial charge in [-0.25, -0.2) is 0 Å². The molecule has 20 heavy (non-hydrogen) atoms. The lowest BCUT2D eigenvalue weighted by Gasteiger charge is -2.15. The summed E-state index contributed by atoms with van der Waals surface area (Å²) < 4.78 is 5.21. The molecule has 3 fully saturated rings. The van der Waals surface area contributed by atoms with Crippen molar-refractivity contribution in [2.24, 2.45) is 23.7 Å². The predicted molar refractivity (Wildman–Crippen MR) is 77.6 cm³/mol. The van der Waals surface area contributed by atoms with Gasteiger partial charge in [0.15, 0.2) is 0 Å². The lowest BCUT2D eigenvalue weighted by molar-refractivity contribution is 0.171. The molecule has 0 aliphatic heterocycles. The van der Waals surface area contributed by atoms with Crippen LogP contribution in [0.2, 0.25) is 0 Å². The summed E-state index contributed by atoms with van der Waals surface area (Å²) in [6.45, 7) is 0.657. The van der Waals surface area contributed by atoms with Crippen molar-refractivity contribution >= 4 is 0 Å². The number of benzene rings is 1. The molecule has 0 saturated heterocycles. The molecule has 108 valence electrons. The summed E-state index contributed by atoms with van der Waals surface area (Å²) in [5, 5.41) is 13.9. The Morgan fingerprint density at radius 2 is 2.05 bits per heavy atom. The van der Waals surface area contributed by atoms with Gasteiger partial charge >= 0.3 is 0 Å².